The fourth-order valence-corrected chi connectivity index (χ4v) is 1.75. The molecule has 72 valence electrons. The minimum Gasteiger partial charge on any atom is -0.241 e. The van der Waals surface area contributed by atoms with Gasteiger partial charge in [0, 0.05) is 11.5 Å². The zero-order chi connectivity index (χ0) is 10.1. The fourth-order valence-electron chi connectivity index (χ4n) is 1.75. The van der Waals surface area contributed by atoms with Gasteiger partial charge in [0.2, 0.25) is 0 Å². The van der Waals surface area contributed by atoms with Crippen molar-refractivity contribution in [1.29, 1.82) is 5.26 Å². The zero-order valence-corrected chi connectivity index (χ0v) is 8.49. The van der Waals surface area contributed by atoms with Crippen molar-refractivity contribution in [1.82, 2.24) is 9.97 Å². The van der Waals surface area contributed by atoms with Crippen LogP contribution < -0.4 is 0 Å². The number of rotatable bonds is 2. The third kappa shape index (κ3) is 1.48. The maximum atomic E-state index is 8.95. The van der Waals surface area contributed by atoms with Crippen LogP contribution in [0.1, 0.15) is 55.5 Å². The monoisotopic (exact) mass is 187 g/mol. The summed E-state index contributed by atoms with van der Waals surface area (Å²) in [4.78, 5) is 8.33. The summed E-state index contributed by atoms with van der Waals surface area (Å²) in [5.74, 6) is 0.920. The average Bonchev–Trinajstić information content (AvgIpc) is 2.99. The van der Waals surface area contributed by atoms with Crippen molar-refractivity contribution in [2.75, 3.05) is 0 Å². The Bertz CT molecular complexity index is 386. The van der Waals surface area contributed by atoms with Crippen LogP contribution in [0.5, 0.6) is 0 Å². The van der Waals surface area contributed by atoms with Crippen molar-refractivity contribution >= 4 is 0 Å². The van der Waals surface area contributed by atoms with Gasteiger partial charge in [0.1, 0.15) is 18.1 Å². The van der Waals surface area contributed by atoms with Crippen LogP contribution >= 0.6 is 0 Å². The van der Waals surface area contributed by atoms with Crippen LogP contribution in [0.3, 0.4) is 0 Å². The van der Waals surface area contributed by atoms with Crippen molar-refractivity contribution in [3.05, 3.63) is 23.3 Å². The molecule has 1 saturated carbocycles. The van der Waals surface area contributed by atoms with Crippen molar-refractivity contribution in [2.45, 2.75) is 38.5 Å². The first-order chi connectivity index (χ1) is 6.74. The van der Waals surface area contributed by atoms with E-state index in [9.17, 15) is 0 Å². The lowest BCUT2D eigenvalue weighted by molar-refractivity contribution is 0.799. The highest BCUT2D eigenvalue weighted by atomic mass is 14.9. The van der Waals surface area contributed by atoms with E-state index in [0.29, 0.717) is 17.5 Å². The maximum Gasteiger partial charge on any atom is 0.147 e. The summed E-state index contributed by atoms with van der Waals surface area (Å²) >= 11 is 0. The van der Waals surface area contributed by atoms with Crippen molar-refractivity contribution in [3.63, 3.8) is 0 Å². The van der Waals surface area contributed by atoms with Gasteiger partial charge in [-0.05, 0) is 18.8 Å². The molecule has 0 saturated heterocycles. The summed E-state index contributed by atoms with van der Waals surface area (Å²) in [6, 6.07) is 2.15. The zero-order valence-electron chi connectivity index (χ0n) is 8.49. The van der Waals surface area contributed by atoms with Gasteiger partial charge in [0.25, 0.3) is 0 Å². The van der Waals surface area contributed by atoms with Gasteiger partial charge in [0.05, 0.1) is 5.69 Å². The highest BCUT2D eigenvalue weighted by Gasteiger charge is 2.29. The van der Waals surface area contributed by atoms with Crippen molar-refractivity contribution < 1.29 is 0 Å². The summed E-state index contributed by atoms with van der Waals surface area (Å²) in [6.07, 6.45) is 3.93. The van der Waals surface area contributed by atoms with E-state index in [0.717, 1.165) is 11.3 Å². The van der Waals surface area contributed by atoms with E-state index < -0.39 is 0 Å². The number of hydrogen-bond donors (Lipinski definition) is 0. The average molecular weight is 187 g/mol. The second kappa shape index (κ2) is 3.38. The molecule has 0 N–H and O–H groups in total. The van der Waals surface area contributed by atoms with Crippen molar-refractivity contribution in [3.8, 4) is 6.07 Å². The lowest BCUT2D eigenvalue weighted by Crippen LogP contribution is -2.04. The van der Waals surface area contributed by atoms with Gasteiger partial charge in [-0.2, -0.15) is 5.26 Å². The second-order valence-electron chi connectivity index (χ2n) is 4.06. The Hall–Kier alpha value is -1.43. The van der Waals surface area contributed by atoms with E-state index >= 15 is 0 Å². The summed E-state index contributed by atoms with van der Waals surface area (Å²) < 4.78 is 0. The predicted octanol–water partition coefficient (Wildman–Crippen LogP) is 2.35. The molecule has 1 aromatic heterocycles. The molecule has 0 bridgehead atoms. The maximum absolute atomic E-state index is 8.95. The van der Waals surface area contributed by atoms with Gasteiger partial charge >= 0.3 is 0 Å². The topological polar surface area (TPSA) is 49.6 Å². The molecule has 0 atom stereocenters. The smallest absolute Gasteiger partial charge is 0.147 e. The highest BCUT2D eigenvalue weighted by Crippen LogP contribution is 2.42. The molecule has 0 radical (unpaired) electrons. The summed E-state index contributed by atoms with van der Waals surface area (Å²) in [6.45, 7) is 4.18. The number of aromatic nitrogens is 2. The largest absolute Gasteiger partial charge is 0.241 e. The van der Waals surface area contributed by atoms with Gasteiger partial charge in [-0.3, -0.25) is 0 Å². The van der Waals surface area contributed by atoms with E-state index in [1.165, 1.54) is 19.2 Å². The third-order valence-corrected chi connectivity index (χ3v) is 2.56. The van der Waals surface area contributed by atoms with Crippen LogP contribution in [-0.4, -0.2) is 9.97 Å². The molecule has 1 fully saturated rings. The number of hydrogen-bond acceptors (Lipinski definition) is 3. The van der Waals surface area contributed by atoms with Crippen LogP contribution in [0, 0.1) is 11.3 Å². The highest BCUT2D eigenvalue weighted by molar-refractivity contribution is 5.39. The molecule has 3 heteroatoms. The summed E-state index contributed by atoms with van der Waals surface area (Å²) in [7, 11) is 0. The molecule has 1 aliphatic carbocycles. The first-order valence-corrected chi connectivity index (χ1v) is 4.99. The predicted molar refractivity (Wildman–Crippen MR) is 52.8 cm³/mol. The van der Waals surface area contributed by atoms with Crippen LogP contribution in [-0.2, 0) is 0 Å². The Labute approximate surface area is 83.8 Å². The molecule has 1 heterocycles. The standard InChI is InChI=1S/C11H13N3/c1-7(2)10-9(5-12)13-6-14-11(10)8-3-4-8/h6-8H,3-4H2,1-2H3. The molecule has 0 unspecified atom stereocenters. The first-order valence-electron chi connectivity index (χ1n) is 4.99. The normalized spacial score (nSPS) is 15.6. The first kappa shape index (κ1) is 9.14. The van der Waals surface area contributed by atoms with Crippen LogP contribution in [0.2, 0.25) is 0 Å². The second-order valence-corrected chi connectivity index (χ2v) is 4.06. The molecule has 0 aliphatic heterocycles. The molecule has 0 spiro atoms. The Morgan fingerprint density at radius 2 is 2.14 bits per heavy atom. The van der Waals surface area contributed by atoms with Crippen molar-refractivity contribution in [2.24, 2.45) is 0 Å². The molecule has 3 nitrogen and oxygen atoms in total. The van der Waals surface area contributed by atoms with E-state index in [4.69, 9.17) is 5.26 Å². The van der Waals surface area contributed by atoms with Gasteiger partial charge in [0.15, 0.2) is 0 Å². The minimum absolute atomic E-state index is 0.335. The Balaban J connectivity index is 2.53. The summed E-state index contributed by atoms with van der Waals surface area (Å²) in [5.41, 5.74) is 2.71. The molecule has 0 amide bonds. The number of nitriles is 1. The minimum atomic E-state index is 0.335. The SMILES string of the molecule is CC(C)c1c(C#N)ncnc1C1CC1. The Morgan fingerprint density at radius 3 is 2.64 bits per heavy atom. The van der Waals surface area contributed by atoms with E-state index in [1.54, 1.807) is 0 Å². The molecule has 1 aromatic rings. The molecule has 14 heavy (non-hydrogen) atoms. The molecule has 1 aliphatic rings. The third-order valence-electron chi connectivity index (χ3n) is 2.56. The molecule has 0 aromatic carbocycles. The van der Waals surface area contributed by atoms with Crippen LogP contribution in [0.25, 0.3) is 0 Å². The summed E-state index contributed by atoms with van der Waals surface area (Å²) in [5, 5.41) is 8.95. The molecular weight excluding hydrogens is 174 g/mol. The van der Waals surface area contributed by atoms with E-state index in [2.05, 4.69) is 29.9 Å². The Kier molecular flexibility index (Phi) is 2.20. The number of nitrogens with zero attached hydrogens (tertiary/aromatic N) is 3. The molecule has 2 rings (SSSR count). The van der Waals surface area contributed by atoms with Gasteiger partial charge < -0.3 is 0 Å². The fraction of sp³-hybridized carbons (Fsp3) is 0.545. The van der Waals surface area contributed by atoms with Gasteiger partial charge in [-0.15, -0.1) is 0 Å². The van der Waals surface area contributed by atoms with Crippen LogP contribution in [0.4, 0.5) is 0 Å². The lowest BCUT2D eigenvalue weighted by atomic mass is 9.97. The van der Waals surface area contributed by atoms with E-state index in [1.807, 2.05) is 0 Å². The van der Waals surface area contributed by atoms with Gasteiger partial charge in [-0.25, -0.2) is 9.97 Å². The van der Waals surface area contributed by atoms with E-state index in [-0.39, 0.29) is 0 Å². The van der Waals surface area contributed by atoms with Gasteiger partial charge in [-0.1, -0.05) is 13.8 Å². The Morgan fingerprint density at radius 1 is 1.43 bits per heavy atom. The molecular formula is C11H13N3. The quantitative estimate of drug-likeness (QED) is 0.714. The lowest BCUT2D eigenvalue weighted by Gasteiger charge is -2.11. The van der Waals surface area contributed by atoms with Crippen LogP contribution in [0.15, 0.2) is 6.33 Å².